The molecule has 28 heavy (non-hydrogen) atoms. The van der Waals surface area contributed by atoms with Crippen molar-refractivity contribution in [3.63, 3.8) is 0 Å². The first-order valence-corrected chi connectivity index (χ1v) is 10.5. The zero-order valence-corrected chi connectivity index (χ0v) is 17.0. The Morgan fingerprint density at radius 3 is 2.54 bits per heavy atom. The summed E-state index contributed by atoms with van der Waals surface area (Å²) in [6.45, 7) is 6.88. The van der Waals surface area contributed by atoms with E-state index in [4.69, 9.17) is 10.5 Å². The van der Waals surface area contributed by atoms with Crippen LogP contribution in [0, 0.1) is 12.8 Å². The maximum Gasteiger partial charge on any atom is 0.122 e. The molecule has 0 aromatic heterocycles. The van der Waals surface area contributed by atoms with Crippen LogP contribution >= 0.6 is 0 Å². The topological polar surface area (TPSA) is 58.7 Å². The molecule has 3 N–H and O–H groups in total. The summed E-state index contributed by atoms with van der Waals surface area (Å²) in [5.41, 5.74) is 10.4. The Labute approximate surface area is 168 Å². The highest BCUT2D eigenvalue weighted by molar-refractivity contribution is 5.47. The lowest BCUT2D eigenvalue weighted by atomic mass is 9.82. The number of phenolic OH excluding ortho intramolecular Hbond substituents is 1. The van der Waals surface area contributed by atoms with Gasteiger partial charge in [-0.15, -0.1) is 0 Å². The van der Waals surface area contributed by atoms with Crippen molar-refractivity contribution in [3.05, 3.63) is 64.7 Å². The number of ether oxygens (including phenoxy) is 1. The normalized spacial score (nSPS) is 24.7. The minimum absolute atomic E-state index is 0.110. The van der Waals surface area contributed by atoms with Crippen LogP contribution in [0.4, 0.5) is 0 Å². The first-order chi connectivity index (χ1) is 13.6. The highest BCUT2D eigenvalue weighted by Gasteiger charge is 2.36. The number of aryl methyl sites for hydroxylation is 1. The van der Waals surface area contributed by atoms with Crippen LogP contribution in [0.5, 0.6) is 5.75 Å². The van der Waals surface area contributed by atoms with Crippen LogP contribution < -0.4 is 5.73 Å². The number of aromatic hydroxyl groups is 1. The lowest BCUT2D eigenvalue weighted by Gasteiger charge is -2.42. The number of phenols is 1. The van der Waals surface area contributed by atoms with Crippen molar-refractivity contribution in [2.45, 2.75) is 51.4 Å². The van der Waals surface area contributed by atoms with Gasteiger partial charge >= 0.3 is 0 Å². The summed E-state index contributed by atoms with van der Waals surface area (Å²) < 4.78 is 6.42. The molecule has 2 aromatic rings. The molecule has 0 saturated carbocycles. The Morgan fingerprint density at radius 2 is 1.86 bits per heavy atom. The van der Waals surface area contributed by atoms with Crippen molar-refractivity contribution in [2.24, 2.45) is 11.7 Å². The van der Waals surface area contributed by atoms with E-state index in [2.05, 4.69) is 48.2 Å². The molecule has 1 saturated heterocycles. The maximum absolute atomic E-state index is 10.6. The predicted molar refractivity (Wildman–Crippen MR) is 112 cm³/mol. The van der Waals surface area contributed by atoms with Gasteiger partial charge in [0.2, 0.25) is 0 Å². The highest BCUT2D eigenvalue weighted by Crippen LogP contribution is 2.40. The number of nitrogens with two attached hydrogens (primary N) is 1. The SMILES string of the molecule is Cc1ccc2c(c1O)C[C@@H](C1CCN(C(C)c3ccccc3)CC1)O[C@H]2CN. The maximum atomic E-state index is 10.6. The van der Waals surface area contributed by atoms with Crippen molar-refractivity contribution < 1.29 is 9.84 Å². The Hall–Kier alpha value is -1.88. The second kappa shape index (κ2) is 8.24. The third kappa shape index (κ3) is 3.69. The molecule has 4 heteroatoms. The van der Waals surface area contributed by atoms with E-state index in [0.29, 0.717) is 24.3 Å². The summed E-state index contributed by atoms with van der Waals surface area (Å²) in [5, 5.41) is 10.6. The molecular formula is C24H32N2O2. The summed E-state index contributed by atoms with van der Waals surface area (Å²) in [6, 6.07) is 15.2. The van der Waals surface area contributed by atoms with E-state index in [1.165, 1.54) is 5.56 Å². The van der Waals surface area contributed by atoms with Crippen LogP contribution in [0.2, 0.25) is 0 Å². The number of hydrogen-bond donors (Lipinski definition) is 2. The van der Waals surface area contributed by atoms with Crippen molar-refractivity contribution in [1.82, 2.24) is 4.90 Å². The number of likely N-dealkylation sites (tertiary alicyclic amines) is 1. The van der Waals surface area contributed by atoms with E-state index >= 15 is 0 Å². The number of fused-ring (bicyclic) bond motifs is 1. The summed E-state index contributed by atoms with van der Waals surface area (Å²) >= 11 is 0. The van der Waals surface area contributed by atoms with E-state index in [9.17, 15) is 5.11 Å². The van der Waals surface area contributed by atoms with Crippen molar-refractivity contribution in [3.8, 4) is 5.75 Å². The molecule has 3 atom stereocenters. The van der Waals surface area contributed by atoms with Gasteiger partial charge in [-0.05, 0) is 62.4 Å². The van der Waals surface area contributed by atoms with Crippen molar-refractivity contribution >= 4 is 0 Å². The number of hydrogen-bond acceptors (Lipinski definition) is 4. The fraction of sp³-hybridized carbons (Fsp3) is 0.500. The van der Waals surface area contributed by atoms with Gasteiger partial charge in [-0.2, -0.15) is 0 Å². The lowest BCUT2D eigenvalue weighted by Crippen LogP contribution is -2.42. The van der Waals surface area contributed by atoms with Gasteiger partial charge in [0.25, 0.3) is 0 Å². The molecule has 1 unspecified atom stereocenters. The third-order valence-corrected chi connectivity index (χ3v) is 6.76. The molecule has 4 rings (SSSR count). The molecular weight excluding hydrogens is 348 g/mol. The fourth-order valence-electron chi connectivity index (χ4n) is 4.90. The molecule has 2 aliphatic heterocycles. The van der Waals surface area contributed by atoms with E-state index in [0.717, 1.165) is 49.0 Å². The molecule has 0 aliphatic carbocycles. The number of nitrogens with zero attached hydrogens (tertiary/aromatic N) is 1. The number of benzene rings is 2. The average molecular weight is 381 g/mol. The van der Waals surface area contributed by atoms with Gasteiger partial charge in [0.1, 0.15) is 5.75 Å². The fourth-order valence-corrected chi connectivity index (χ4v) is 4.90. The van der Waals surface area contributed by atoms with Crippen LogP contribution in [-0.4, -0.2) is 35.7 Å². The summed E-state index contributed by atoms with van der Waals surface area (Å²) in [5.74, 6) is 0.945. The van der Waals surface area contributed by atoms with Gasteiger partial charge < -0.3 is 15.6 Å². The molecule has 2 aliphatic rings. The van der Waals surface area contributed by atoms with E-state index in [1.54, 1.807) is 0 Å². The Balaban J connectivity index is 1.44. The van der Waals surface area contributed by atoms with Gasteiger partial charge in [0.05, 0.1) is 12.2 Å². The first-order valence-electron chi connectivity index (χ1n) is 10.5. The first kappa shape index (κ1) is 19.4. The zero-order valence-electron chi connectivity index (χ0n) is 17.0. The molecule has 0 radical (unpaired) electrons. The van der Waals surface area contributed by atoms with Gasteiger partial charge in [-0.1, -0.05) is 42.5 Å². The van der Waals surface area contributed by atoms with Gasteiger partial charge in [0, 0.05) is 24.6 Å². The highest BCUT2D eigenvalue weighted by atomic mass is 16.5. The molecule has 0 spiro atoms. The average Bonchev–Trinajstić information content (AvgIpc) is 2.76. The number of rotatable bonds is 4. The molecule has 0 amide bonds. The predicted octanol–water partition coefficient (Wildman–Crippen LogP) is 4.11. The van der Waals surface area contributed by atoms with Crippen LogP contribution in [0.1, 0.15) is 54.2 Å². The minimum atomic E-state index is -0.110. The largest absolute Gasteiger partial charge is 0.507 e. The molecule has 150 valence electrons. The number of piperidine rings is 1. The Bertz CT molecular complexity index is 800. The van der Waals surface area contributed by atoms with Crippen molar-refractivity contribution in [1.29, 1.82) is 0 Å². The van der Waals surface area contributed by atoms with Crippen LogP contribution in [0.3, 0.4) is 0 Å². The van der Waals surface area contributed by atoms with Crippen molar-refractivity contribution in [2.75, 3.05) is 19.6 Å². The third-order valence-electron chi connectivity index (χ3n) is 6.76. The van der Waals surface area contributed by atoms with Gasteiger partial charge in [-0.3, -0.25) is 4.90 Å². The molecule has 2 aromatic carbocycles. The second-order valence-corrected chi connectivity index (χ2v) is 8.36. The summed E-state index contributed by atoms with van der Waals surface area (Å²) in [4.78, 5) is 2.57. The molecule has 0 bridgehead atoms. The molecule has 1 fully saturated rings. The quantitative estimate of drug-likeness (QED) is 0.838. The van der Waals surface area contributed by atoms with Crippen LogP contribution in [0.15, 0.2) is 42.5 Å². The second-order valence-electron chi connectivity index (χ2n) is 8.36. The smallest absolute Gasteiger partial charge is 0.122 e. The van der Waals surface area contributed by atoms with E-state index in [-0.39, 0.29) is 12.2 Å². The molecule has 4 nitrogen and oxygen atoms in total. The lowest BCUT2D eigenvalue weighted by molar-refractivity contribution is -0.0667. The standard InChI is InChI=1S/C24H32N2O2/c1-16-8-9-20-21(24(16)27)14-22(28-23(20)15-25)19-10-12-26(13-11-19)17(2)18-6-4-3-5-7-18/h3-9,17,19,22-23,27H,10-15,25H2,1-2H3/t17?,22-,23-/m0/s1. The van der Waals surface area contributed by atoms with Gasteiger partial charge in [-0.25, -0.2) is 0 Å². The van der Waals surface area contributed by atoms with Crippen LogP contribution in [-0.2, 0) is 11.2 Å². The van der Waals surface area contributed by atoms with E-state index in [1.807, 2.05) is 13.0 Å². The Kier molecular flexibility index (Phi) is 5.72. The minimum Gasteiger partial charge on any atom is -0.507 e. The van der Waals surface area contributed by atoms with E-state index < -0.39 is 0 Å². The van der Waals surface area contributed by atoms with Crippen LogP contribution in [0.25, 0.3) is 0 Å². The zero-order chi connectivity index (χ0) is 19.7. The Morgan fingerprint density at radius 1 is 1.14 bits per heavy atom. The monoisotopic (exact) mass is 380 g/mol. The summed E-state index contributed by atoms with van der Waals surface area (Å²) in [7, 11) is 0. The summed E-state index contributed by atoms with van der Waals surface area (Å²) in [6.07, 6.45) is 3.07. The molecule has 2 heterocycles. The van der Waals surface area contributed by atoms with Gasteiger partial charge in [0.15, 0.2) is 0 Å².